The molecule has 2 unspecified atom stereocenters. The second-order valence-electron chi connectivity index (χ2n) is 10.8. The smallest absolute Gasteiger partial charge is 0.141 e. The van der Waals surface area contributed by atoms with Gasteiger partial charge in [-0.25, -0.2) is 4.98 Å². The number of pyridine rings is 1. The molecule has 200 valence electrons. The molecule has 3 aliphatic rings. The molecule has 0 saturated heterocycles. The van der Waals surface area contributed by atoms with Crippen LogP contribution in [0.25, 0.3) is 28.0 Å². The van der Waals surface area contributed by atoms with Crippen molar-refractivity contribution in [1.82, 2.24) is 4.98 Å². The van der Waals surface area contributed by atoms with Crippen LogP contribution >= 0.6 is 0 Å². The molecule has 2 aliphatic heterocycles. The van der Waals surface area contributed by atoms with E-state index in [4.69, 9.17) is 9.72 Å². The zero-order valence-electron chi connectivity index (χ0n) is 23.0. The Hall–Kier alpha value is -5.41. The topological polar surface area (TPSA) is 25.4 Å². The number of ether oxygens (including phenoxy) is 1. The molecule has 3 heterocycles. The van der Waals surface area contributed by atoms with Crippen molar-refractivity contribution in [3.8, 4) is 16.9 Å². The quantitative estimate of drug-likeness (QED) is 0.228. The van der Waals surface area contributed by atoms with Gasteiger partial charge in [-0.3, -0.25) is 0 Å². The number of anilines is 2. The van der Waals surface area contributed by atoms with Gasteiger partial charge in [0.15, 0.2) is 0 Å². The Kier molecular flexibility index (Phi) is 5.93. The van der Waals surface area contributed by atoms with Gasteiger partial charge < -0.3 is 9.64 Å². The minimum absolute atomic E-state index is 0.132. The average molecular weight is 541 g/mol. The Morgan fingerprint density at radius 2 is 1.57 bits per heavy atom. The van der Waals surface area contributed by atoms with E-state index in [2.05, 4.69) is 126 Å². The van der Waals surface area contributed by atoms with Crippen molar-refractivity contribution in [3.63, 3.8) is 0 Å². The molecule has 0 bridgehead atoms. The summed E-state index contributed by atoms with van der Waals surface area (Å²) in [5.41, 5.74) is 8.30. The van der Waals surface area contributed by atoms with E-state index >= 15 is 0 Å². The van der Waals surface area contributed by atoms with Crippen molar-refractivity contribution in [2.24, 2.45) is 0 Å². The first-order valence-corrected chi connectivity index (χ1v) is 14.4. The highest BCUT2D eigenvalue weighted by atomic mass is 16.5. The van der Waals surface area contributed by atoms with E-state index in [1.807, 2.05) is 30.5 Å². The highest BCUT2D eigenvalue weighted by molar-refractivity contribution is 5.96. The monoisotopic (exact) mass is 540 g/mol. The molecule has 0 N–H and O–H groups in total. The maximum absolute atomic E-state index is 6.09. The van der Waals surface area contributed by atoms with Crippen LogP contribution in [-0.2, 0) is 0 Å². The first kappa shape index (κ1) is 24.4. The van der Waals surface area contributed by atoms with Gasteiger partial charge in [0.25, 0.3) is 0 Å². The lowest BCUT2D eigenvalue weighted by Gasteiger charge is -2.30. The molecule has 3 heteroatoms. The van der Waals surface area contributed by atoms with Crippen LogP contribution in [0.1, 0.15) is 17.0 Å². The number of nitrogens with zero attached hydrogens (tertiary/aromatic N) is 2. The van der Waals surface area contributed by atoms with Crippen LogP contribution < -0.4 is 9.64 Å². The lowest BCUT2D eigenvalue weighted by atomic mass is 9.85. The summed E-state index contributed by atoms with van der Waals surface area (Å²) in [6, 6.07) is 36.2. The summed E-state index contributed by atoms with van der Waals surface area (Å²) in [4.78, 5) is 7.35. The van der Waals surface area contributed by atoms with Crippen molar-refractivity contribution in [2.45, 2.75) is 12.0 Å². The van der Waals surface area contributed by atoms with Crippen molar-refractivity contribution in [1.29, 1.82) is 0 Å². The Labute approximate surface area is 245 Å². The fraction of sp³-hybridized carbons (Fsp3) is 0.0513. The highest BCUT2D eigenvalue weighted by Gasteiger charge is 2.39. The van der Waals surface area contributed by atoms with Gasteiger partial charge in [0.1, 0.15) is 11.6 Å². The maximum atomic E-state index is 6.09. The SMILES string of the molecule is C1=CC2C(C=C1C1=C/C=C/Oc3cccc4cccc(c34)\C=C\1)c1ccccc1N2c1ncccc1-c1ccccc1. The van der Waals surface area contributed by atoms with Gasteiger partial charge in [-0.05, 0) is 63.6 Å². The number of para-hydroxylation sites is 1. The Morgan fingerprint density at radius 3 is 2.50 bits per heavy atom. The van der Waals surface area contributed by atoms with Gasteiger partial charge in [-0.1, -0.05) is 115 Å². The van der Waals surface area contributed by atoms with Crippen LogP contribution in [0.3, 0.4) is 0 Å². The molecule has 42 heavy (non-hydrogen) atoms. The van der Waals surface area contributed by atoms with Gasteiger partial charge in [-0.15, -0.1) is 0 Å². The lowest BCUT2D eigenvalue weighted by Crippen LogP contribution is -2.30. The van der Waals surface area contributed by atoms with E-state index in [9.17, 15) is 0 Å². The average Bonchev–Trinajstić information content (AvgIpc) is 3.38. The normalized spacial score (nSPS) is 21.4. The van der Waals surface area contributed by atoms with Crippen LogP contribution in [0.4, 0.5) is 11.5 Å². The highest BCUT2D eigenvalue weighted by Crippen LogP contribution is 2.50. The molecular formula is C39H28N2O. The zero-order chi connectivity index (χ0) is 27.9. The number of allylic oxidation sites excluding steroid dienone is 6. The Bertz CT molecular complexity index is 1970. The van der Waals surface area contributed by atoms with Crippen LogP contribution in [-0.4, -0.2) is 11.0 Å². The molecule has 1 aromatic heterocycles. The van der Waals surface area contributed by atoms with Gasteiger partial charge in [0, 0.05) is 28.8 Å². The van der Waals surface area contributed by atoms with E-state index in [0.717, 1.165) is 33.7 Å². The first-order chi connectivity index (χ1) is 20.8. The second kappa shape index (κ2) is 10.2. The molecule has 0 saturated carbocycles. The molecule has 2 atom stereocenters. The molecule has 0 fully saturated rings. The molecule has 5 aromatic rings. The van der Waals surface area contributed by atoms with Crippen LogP contribution in [0, 0.1) is 0 Å². The van der Waals surface area contributed by atoms with E-state index < -0.39 is 0 Å². The number of hydrogen-bond acceptors (Lipinski definition) is 3. The van der Waals surface area contributed by atoms with Crippen molar-refractivity contribution in [2.75, 3.05) is 4.90 Å². The zero-order valence-corrected chi connectivity index (χ0v) is 23.0. The largest absolute Gasteiger partial charge is 0.464 e. The van der Waals surface area contributed by atoms with Gasteiger partial charge in [0.05, 0.1) is 12.3 Å². The van der Waals surface area contributed by atoms with Crippen molar-refractivity contribution in [3.05, 3.63) is 174 Å². The predicted octanol–water partition coefficient (Wildman–Crippen LogP) is 9.55. The van der Waals surface area contributed by atoms with Crippen molar-refractivity contribution >= 4 is 28.4 Å². The predicted molar refractivity (Wildman–Crippen MR) is 173 cm³/mol. The molecule has 8 rings (SSSR count). The van der Waals surface area contributed by atoms with Gasteiger partial charge in [0.2, 0.25) is 0 Å². The maximum Gasteiger partial charge on any atom is 0.141 e. The summed E-state index contributed by atoms with van der Waals surface area (Å²) in [5, 5.41) is 2.29. The molecule has 0 radical (unpaired) electrons. The third-order valence-corrected chi connectivity index (χ3v) is 8.38. The van der Waals surface area contributed by atoms with E-state index in [0.29, 0.717) is 0 Å². The number of hydrogen-bond donors (Lipinski definition) is 0. The fourth-order valence-corrected chi connectivity index (χ4v) is 6.47. The summed E-state index contributed by atoms with van der Waals surface area (Å²) in [7, 11) is 0. The standard InChI is InChI=1S/C39H28N2O/c1-2-10-28(11-3-1)32-17-8-24-40-39(32)41-35-18-5-4-16-33(35)34-26-31(22-23-36(34)41)27-15-9-25-42-37-19-7-14-29-12-6-13-30(21-20-27)38(29)37/h1-26,34,36H/b21-20+,25-9+,27-15+. The minimum atomic E-state index is 0.132. The second-order valence-corrected chi connectivity index (χ2v) is 10.8. The van der Waals surface area contributed by atoms with E-state index in [1.165, 1.54) is 27.8 Å². The Balaban J connectivity index is 1.20. The summed E-state index contributed by atoms with van der Waals surface area (Å²) in [6.07, 6.45) is 19.2. The molecular weight excluding hydrogens is 512 g/mol. The summed E-state index contributed by atoms with van der Waals surface area (Å²) < 4.78 is 6.09. The molecule has 3 nitrogen and oxygen atoms in total. The van der Waals surface area contributed by atoms with Gasteiger partial charge in [-0.2, -0.15) is 0 Å². The van der Waals surface area contributed by atoms with Crippen LogP contribution in [0.15, 0.2) is 163 Å². The number of aromatic nitrogens is 1. The number of benzene rings is 4. The number of rotatable bonds is 3. The van der Waals surface area contributed by atoms with Crippen LogP contribution in [0.5, 0.6) is 5.75 Å². The van der Waals surface area contributed by atoms with Gasteiger partial charge >= 0.3 is 0 Å². The third-order valence-electron chi connectivity index (χ3n) is 8.38. The summed E-state index contributed by atoms with van der Waals surface area (Å²) >= 11 is 0. The lowest BCUT2D eigenvalue weighted by molar-refractivity contribution is 0.487. The molecule has 4 aromatic carbocycles. The Morgan fingerprint density at radius 1 is 0.714 bits per heavy atom. The molecule has 1 aliphatic carbocycles. The first-order valence-electron chi connectivity index (χ1n) is 14.4. The van der Waals surface area contributed by atoms with Crippen LogP contribution in [0.2, 0.25) is 0 Å². The summed E-state index contributed by atoms with van der Waals surface area (Å²) in [6.45, 7) is 0. The van der Waals surface area contributed by atoms with E-state index in [-0.39, 0.29) is 12.0 Å². The van der Waals surface area contributed by atoms with E-state index in [1.54, 1.807) is 6.26 Å². The minimum Gasteiger partial charge on any atom is -0.464 e. The molecule has 0 spiro atoms. The molecule has 0 amide bonds. The fourth-order valence-electron chi connectivity index (χ4n) is 6.47. The van der Waals surface area contributed by atoms with Crippen molar-refractivity contribution < 1.29 is 4.74 Å². The third kappa shape index (κ3) is 4.10. The summed E-state index contributed by atoms with van der Waals surface area (Å²) in [5.74, 6) is 2.04. The number of fused-ring (bicyclic) bond motifs is 3.